The molecule has 68 heavy (non-hydrogen) atoms. The second-order valence-corrected chi connectivity index (χ2v) is 22.6. The topological polar surface area (TPSA) is 9.86 Å². The summed E-state index contributed by atoms with van der Waals surface area (Å²) in [6.45, 7) is 18.7. The molecule has 0 saturated carbocycles. The van der Waals surface area contributed by atoms with E-state index in [9.17, 15) is 0 Å². The van der Waals surface area contributed by atoms with Gasteiger partial charge >= 0.3 is 0 Å². The first-order valence-corrected chi connectivity index (χ1v) is 24.6. The van der Waals surface area contributed by atoms with Crippen LogP contribution in [0.3, 0.4) is 0 Å². The fraction of sp³-hybridized carbons (Fsp3) is 0.169. The van der Waals surface area contributed by atoms with E-state index in [4.69, 9.17) is 0 Å². The highest BCUT2D eigenvalue weighted by Crippen LogP contribution is 2.62. The van der Waals surface area contributed by atoms with Crippen molar-refractivity contribution in [1.82, 2.24) is 9.13 Å². The van der Waals surface area contributed by atoms with Crippen molar-refractivity contribution in [2.45, 2.75) is 71.6 Å². The van der Waals surface area contributed by atoms with Crippen LogP contribution in [0.5, 0.6) is 0 Å². The maximum Gasteiger partial charge on any atom is 0.253 e. The molecule has 2 nitrogen and oxygen atoms in total. The maximum absolute atomic E-state index is 2.77. The highest BCUT2D eigenvalue weighted by Gasteiger charge is 2.55. The normalized spacial score (nSPS) is 14.6. The van der Waals surface area contributed by atoms with Gasteiger partial charge in [-0.25, -0.2) is 0 Å². The lowest BCUT2D eigenvalue weighted by atomic mass is 9.33. The molecule has 0 saturated heterocycles. The lowest BCUT2D eigenvalue weighted by Gasteiger charge is -2.44. The number of hydrogen-bond donors (Lipinski definition) is 0. The van der Waals surface area contributed by atoms with E-state index in [1.807, 2.05) is 0 Å². The van der Waals surface area contributed by atoms with E-state index < -0.39 is 5.41 Å². The third kappa shape index (κ3) is 4.56. The van der Waals surface area contributed by atoms with Crippen LogP contribution in [0.2, 0.25) is 0 Å². The molecule has 0 atom stereocenters. The van der Waals surface area contributed by atoms with Crippen molar-refractivity contribution in [3.63, 3.8) is 0 Å². The van der Waals surface area contributed by atoms with Gasteiger partial charge in [0.1, 0.15) is 0 Å². The molecule has 0 unspecified atom stereocenters. The SMILES string of the molecule is Cc1ccc(-c2c(-c3ccc(C)cc3)n3c4c(c5ccccc5cc24)B2c4c-3ccc3c4-n4c5c2cc(C(C)(C)C)cc5c2cc(C(C)(C)C)cc(c24)C32c3ccccc3-c3ccccc32)cc1. The van der Waals surface area contributed by atoms with Crippen molar-refractivity contribution < 1.29 is 0 Å². The number of benzene rings is 9. The summed E-state index contributed by atoms with van der Waals surface area (Å²) in [7, 11) is 0. The Labute approximate surface area is 398 Å². The Morgan fingerprint density at radius 3 is 1.69 bits per heavy atom. The molecule has 5 heterocycles. The third-order valence-electron chi connectivity index (χ3n) is 16.7. The van der Waals surface area contributed by atoms with Crippen molar-refractivity contribution in [2.75, 3.05) is 0 Å². The fourth-order valence-electron chi connectivity index (χ4n) is 13.6. The summed E-state index contributed by atoms with van der Waals surface area (Å²) in [5, 5.41) is 6.65. The Morgan fingerprint density at radius 2 is 1.03 bits per heavy atom. The van der Waals surface area contributed by atoms with E-state index in [-0.39, 0.29) is 17.5 Å². The molecule has 0 amide bonds. The van der Waals surface area contributed by atoms with E-state index in [1.165, 1.54) is 149 Å². The molecule has 0 N–H and O–H groups in total. The van der Waals surface area contributed by atoms with Crippen molar-refractivity contribution in [2.24, 2.45) is 0 Å². The summed E-state index contributed by atoms with van der Waals surface area (Å²) in [6, 6.07) is 64.5. The lowest BCUT2D eigenvalue weighted by molar-refractivity contribution is 0.588. The minimum atomic E-state index is -0.547. The van der Waals surface area contributed by atoms with Gasteiger partial charge in [-0.2, -0.15) is 0 Å². The van der Waals surface area contributed by atoms with Crippen LogP contribution in [0.4, 0.5) is 0 Å². The Bertz CT molecular complexity index is 4060. The van der Waals surface area contributed by atoms with Crippen LogP contribution in [0.25, 0.3) is 88.4 Å². The molecular weight excluding hydrogens is 820 g/mol. The lowest BCUT2D eigenvalue weighted by Crippen LogP contribution is -2.61. The molecule has 4 aliphatic rings. The van der Waals surface area contributed by atoms with Crippen LogP contribution in [0.1, 0.15) is 86.1 Å². The average Bonchev–Trinajstić information content (AvgIpc) is 3.96. The minimum Gasteiger partial charge on any atom is -0.310 e. The van der Waals surface area contributed by atoms with Gasteiger partial charge in [0.15, 0.2) is 0 Å². The number of nitrogens with zero attached hydrogens (tertiary/aromatic N) is 2. The number of rotatable bonds is 2. The first-order chi connectivity index (χ1) is 32.8. The molecule has 11 aromatic rings. The highest BCUT2D eigenvalue weighted by atomic mass is 15.1. The van der Waals surface area contributed by atoms with Crippen molar-refractivity contribution in [3.05, 3.63) is 208 Å². The zero-order valence-corrected chi connectivity index (χ0v) is 40.1. The maximum atomic E-state index is 2.77. The van der Waals surface area contributed by atoms with Crippen LogP contribution in [-0.2, 0) is 16.2 Å². The van der Waals surface area contributed by atoms with Crippen LogP contribution in [0.15, 0.2) is 164 Å². The summed E-state index contributed by atoms with van der Waals surface area (Å²) in [4.78, 5) is 0. The number of fused-ring (bicyclic) bond motifs is 13. The second kappa shape index (κ2) is 12.6. The molecule has 324 valence electrons. The molecular formula is C65H51BN2. The van der Waals surface area contributed by atoms with Crippen LogP contribution in [0, 0.1) is 13.8 Å². The molecule has 1 spiro atoms. The van der Waals surface area contributed by atoms with Crippen molar-refractivity contribution in [3.8, 4) is 44.9 Å². The van der Waals surface area contributed by atoms with E-state index in [2.05, 4.69) is 228 Å². The first-order valence-electron chi connectivity index (χ1n) is 24.6. The predicted octanol–water partition coefficient (Wildman–Crippen LogP) is 14.2. The molecule has 15 rings (SSSR count). The Kier molecular flexibility index (Phi) is 7.17. The fourth-order valence-corrected chi connectivity index (χ4v) is 13.6. The van der Waals surface area contributed by atoms with Crippen molar-refractivity contribution in [1.29, 1.82) is 0 Å². The van der Waals surface area contributed by atoms with Gasteiger partial charge in [0.05, 0.1) is 22.1 Å². The average molecular weight is 871 g/mol. The Balaban J connectivity index is 1.23. The molecule has 2 aromatic heterocycles. The molecule has 3 aliphatic heterocycles. The van der Waals surface area contributed by atoms with Crippen LogP contribution < -0.4 is 16.4 Å². The molecule has 1 aliphatic carbocycles. The zero-order chi connectivity index (χ0) is 45.9. The van der Waals surface area contributed by atoms with Gasteiger partial charge in [-0.15, -0.1) is 0 Å². The monoisotopic (exact) mass is 870 g/mol. The Morgan fingerprint density at radius 1 is 0.441 bits per heavy atom. The van der Waals surface area contributed by atoms with Crippen LogP contribution >= 0.6 is 0 Å². The molecule has 0 radical (unpaired) electrons. The number of aryl methyl sites for hydroxylation is 2. The molecule has 9 aromatic carbocycles. The summed E-state index contributed by atoms with van der Waals surface area (Å²) in [5.74, 6) is 0. The highest BCUT2D eigenvalue weighted by molar-refractivity contribution is 7.01. The van der Waals surface area contributed by atoms with Gasteiger partial charge < -0.3 is 9.13 Å². The standard InChI is InChI=1S/C65H51BN2/c1-36-21-25-38(26-22-36)55-48-31-40-15-9-10-16-43(40)56-61(48)67(58(55)39-27-23-37(2)24-28-39)54-30-29-51-62-57(54)66(56)53-35-42(64(6,7)8)33-47-46-32-41(63(3,4)5)34-52(59(46)68(62)60(47)53)65(51)49-19-13-11-17-44(49)45-18-12-14-20-50(45)65/h9-35H,1-8H3. The zero-order valence-electron chi connectivity index (χ0n) is 40.1. The quantitative estimate of drug-likeness (QED) is 0.153. The summed E-state index contributed by atoms with van der Waals surface area (Å²) >= 11 is 0. The molecule has 0 fully saturated rings. The van der Waals surface area contributed by atoms with E-state index >= 15 is 0 Å². The summed E-state index contributed by atoms with van der Waals surface area (Å²) < 4.78 is 5.48. The van der Waals surface area contributed by atoms with Gasteiger partial charge in [0.25, 0.3) is 6.71 Å². The predicted molar refractivity (Wildman–Crippen MR) is 288 cm³/mol. The number of hydrogen-bond acceptors (Lipinski definition) is 0. The van der Waals surface area contributed by atoms with Gasteiger partial charge in [0, 0.05) is 38.6 Å². The summed E-state index contributed by atoms with van der Waals surface area (Å²) in [6.07, 6.45) is 0. The van der Waals surface area contributed by atoms with E-state index in [1.54, 1.807) is 0 Å². The second-order valence-electron chi connectivity index (χ2n) is 22.6. The minimum absolute atomic E-state index is 0.0260. The van der Waals surface area contributed by atoms with Crippen LogP contribution in [-0.4, -0.2) is 15.8 Å². The Hall–Kier alpha value is -7.36. The van der Waals surface area contributed by atoms with Gasteiger partial charge in [0.2, 0.25) is 0 Å². The van der Waals surface area contributed by atoms with Gasteiger partial charge in [-0.1, -0.05) is 192 Å². The van der Waals surface area contributed by atoms with Gasteiger partial charge in [-0.3, -0.25) is 0 Å². The van der Waals surface area contributed by atoms with Crippen molar-refractivity contribution >= 4 is 66.6 Å². The summed E-state index contributed by atoms with van der Waals surface area (Å²) in [5.41, 5.74) is 28.7. The van der Waals surface area contributed by atoms with E-state index in [0.717, 1.165) is 0 Å². The number of aromatic nitrogens is 2. The third-order valence-corrected chi connectivity index (χ3v) is 16.7. The molecule has 0 bridgehead atoms. The molecule has 3 heteroatoms. The first kappa shape index (κ1) is 38.7. The van der Waals surface area contributed by atoms with Gasteiger partial charge in [-0.05, 0) is 132 Å². The smallest absolute Gasteiger partial charge is 0.253 e. The van der Waals surface area contributed by atoms with E-state index in [0.29, 0.717) is 0 Å². The largest absolute Gasteiger partial charge is 0.310 e.